The molecule has 0 aromatic heterocycles. The number of rotatable bonds is 2. The van der Waals surface area contributed by atoms with Gasteiger partial charge in [0.05, 0.1) is 4.90 Å². The third-order valence-corrected chi connectivity index (χ3v) is 3.87. The minimum absolute atomic E-state index is 0. The molecule has 21 heavy (non-hydrogen) atoms. The molecule has 0 unspecified atom stereocenters. The summed E-state index contributed by atoms with van der Waals surface area (Å²) in [6.07, 6.45) is 0. The fraction of sp³-hybridized carbons (Fsp3) is 0.154. The Morgan fingerprint density at radius 3 is 2.43 bits per heavy atom. The van der Waals surface area contributed by atoms with Gasteiger partial charge >= 0.3 is 29.6 Å². The van der Waals surface area contributed by atoms with Crippen LogP contribution in [0.2, 0.25) is 0 Å². The van der Waals surface area contributed by atoms with Crippen LogP contribution in [0.15, 0.2) is 29.2 Å². The van der Waals surface area contributed by atoms with Gasteiger partial charge in [-0.2, -0.15) is 0 Å². The minimum Gasteiger partial charge on any atom is -0.744 e. The summed E-state index contributed by atoms with van der Waals surface area (Å²) in [5, 5.41) is 13.3. The van der Waals surface area contributed by atoms with E-state index in [0.717, 1.165) is 0 Å². The number of nitrogens with one attached hydrogen (secondary N) is 1. The van der Waals surface area contributed by atoms with Gasteiger partial charge in [0.1, 0.15) is 15.9 Å². The van der Waals surface area contributed by atoms with Crippen molar-refractivity contribution < 1.29 is 52.4 Å². The molecule has 0 aliphatic heterocycles. The average Bonchev–Trinajstić information content (AvgIpc) is 2.31. The van der Waals surface area contributed by atoms with E-state index in [-0.39, 0.29) is 46.8 Å². The number of hydrogen-bond acceptors (Lipinski definition) is 5. The van der Waals surface area contributed by atoms with E-state index in [1.165, 1.54) is 26.0 Å². The van der Waals surface area contributed by atoms with Crippen LogP contribution in [0.1, 0.15) is 12.5 Å². The topological polar surface area (TPSA) is 107 Å². The number of carbonyl (C=O) groups is 1. The van der Waals surface area contributed by atoms with Crippen LogP contribution in [0.4, 0.5) is 5.69 Å². The number of phenolic OH excluding ortho intramolecular Hbond substituents is 1. The van der Waals surface area contributed by atoms with Crippen LogP contribution in [0.25, 0.3) is 10.8 Å². The minimum atomic E-state index is -4.68. The molecule has 0 aliphatic rings. The van der Waals surface area contributed by atoms with Crippen molar-refractivity contribution in [3.05, 3.63) is 29.8 Å². The third kappa shape index (κ3) is 3.75. The molecule has 2 aromatic rings. The first-order valence-corrected chi connectivity index (χ1v) is 7.11. The molecule has 0 atom stereocenters. The fourth-order valence-corrected chi connectivity index (χ4v) is 2.75. The zero-order valence-electron chi connectivity index (χ0n) is 11.8. The van der Waals surface area contributed by atoms with Gasteiger partial charge in [0, 0.05) is 23.6 Å². The normalized spacial score (nSPS) is 11.0. The largest absolute Gasteiger partial charge is 1.00 e. The number of hydrogen-bond donors (Lipinski definition) is 2. The second-order valence-corrected chi connectivity index (χ2v) is 5.77. The number of carbonyl (C=O) groups excluding carboxylic acids is 1. The first kappa shape index (κ1) is 17.9. The average molecular weight is 317 g/mol. The molecule has 2 N–H and O–H groups in total. The van der Waals surface area contributed by atoms with Crippen molar-refractivity contribution >= 4 is 32.5 Å². The summed E-state index contributed by atoms with van der Waals surface area (Å²) in [6.45, 7) is 2.70. The van der Waals surface area contributed by atoms with Crippen LogP contribution in [-0.2, 0) is 14.9 Å². The zero-order valence-corrected chi connectivity index (χ0v) is 14.6. The summed E-state index contributed by atoms with van der Waals surface area (Å²) in [7, 11) is -4.68. The Morgan fingerprint density at radius 1 is 1.29 bits per heavy atom. The Kier molecular flexibility index (Phi) is 5.40. The standard InChI is InChI=1S/C13H13NO5S.Na/c1-7-12(20(17,18)19)6-9-5-10(14-8(2)15)3-4-11(9)13(7)16;/h3-6,16H,1-2H3,(H,14,15)(H,17,18,19);/q;+1/p-1. The number of fused-ring (bicyclic) bond motifs is 1. The first-order valence-electron chi connectivity index (χ1n) is 5.70. The van der Waals surface area contributed by atoms with E-state index in [9.17, 15) is 22.9 Å². The van der Waals surface area contributed by atoms with Crippen LogP contribution in [0.3, 0.4) is 0 Å². The summed E-state index contributed by atoms with van der Waals surface area (Å²) in [6, 6.07) is 5.81. The van der Waals surface area contributed by atoms with Crippen molar-refractivity contribution in [1.82, 2.24) is 0 Å². The Hall–Kier alpha value is -1.12. The molecule has 2 rings (SSSR count). The van der Waals surface area contributed by atoms with Gasteiger partial charge in [-0.1, -0.05) is 0 Å². The van der Waals surface area contributed by atoms with Crippen LogP contribution >= 0.6 is 0 Å². The maximum absolute atomic E-state index is 11.2. The molecule has 0 fully saturated rings. The van der Waals surface area contributed by atoms with Crippen molar-refractivity contribution in [2.24, 2.45) is 0 Å². The molecule has 6 nitrogen and oxygen atoms in total. The van der Waals surface area contributed by atoms with Gasteiger partial charge in [-0.15, -0.1) is 0 Å². The van der Waals surface area contributed by atoms with Crippen molar-refractivity contribution in [2.45, 2.75) is 18.7 Å². The number of amides is 1. The number of benzene rings is 2. The van der Waals surface area contributed by atoms with Gasteiger partial charge in [0.25, 0.3) is 0 Å². The Labute approximate surface area is 144 Å². The van der Waals surface area contributed by atoms with E-state index in [2.05, 4.69) is 5.32 Å². The predicted octanol–water partition coefficient (Wildman–Crippen LogP) is -1.28. The first-order chi connectivity index (χ1) is 9.20. The van der Waals surface area contributed by atoms with Gasteiger partial charge in [-0.05, 0) is 36.6 Å². The molecule has 8 heteroatoms. The molecule has 0 saturated carbocycles. The van der Waals surface area contributed by atoms with E-state index in [1.54, 1.807) is 12.1 Å². The van der Waals surface area contributed by atoms with Crippen LogP contribution in [0.5, 0.6) is 5.75 Å². The molecule has 0 spiro atoms. The van der Waals surface area contributed by atoms with Gasteiger partial charge in [-0.3, -0.25) is 4.79 Å². The van der Waals surface area contributed by atoms with E-state index in [1.807, 2.05) is 0 Å². The maximum atomic E-state index is 11.2. The van der Waals surface area contributed by atoms with Crippen molar-refractivity contribution in [3.63, 3.8) is 0 Å². The number of anilines is 1. The molecule has 0 saturated heterocycles. The maximum Gasteiger partial charge on any atom is 1.00 e. The van der Waals surface area contributed by atoms with E-state index in [0.29, 0.717) is 16.5 Å². The van der Waals surface area contributed by atoms with Gasteiger partial charge in [0.2, 0.25) is 5.91 Å². The van der Waals surface area contributed by atoms with Gasteiger partial charge < -0.3 is 15.0 Å². The summed E-state index contributed by atoms with van der Waals surface area (Å²) in [5.41, 5.74) is 0.460. The molecular formula is C13H12NNaO5S. The predicted molar refractivity (Wildman–Crippen MR) is 72.6 cm³/mol. The third-order valence-electron chi connectivity index (χ3n) is 2.91. The zero-order chi connectivity index (χ0) is 15.1. The van der Waals surface area contributed by atoms with Crippen LogP contribution in [0, 0.1) is 6.92 Å². The van der Waals surface area contributed by atoms with Gasteiger partial charge in [0.15, 0.2) is 0 Å². The molecule has 0 bridgehead atoms. The molecular weight excluding hydrogens is 305 g/mol. The molecule has 2 aromatic carbocycles. The van der Waals surface area contributed by atoms with Crippen molar-refractivity contribution in [1.29, 1.82) is 0 Å². The summed E-state index contributed by atoms with van der Waals surface area (Å²) in [4.78, 5) is 10.5. The second-order valence-electron chi connectivity index (χ2n) is 4.42. The van der Waals surface area contributed by atoms with Crippen molar-refractivity contribution in [2.75, 3.05) is 5.32 Å². The van der Waals surface area contributed by atoms with Crippen LogP contribution in [-0.4, -0.2) is 24.0 Å². The fourth-order valence-electron chi connectivity index (χ4n) is 2.01. The molecule has 106 valence electrons. The molecule has 1 amide bonds. The number of phenols is 1. The Balaban J connectivity index is 0.00000220. The second kappa shape index (κ2) is 6.33. The summed E-state index contributed by atoms with van der Waals surface area (Å²) in [5.74, 6) is -0.538. The summed E-state index contributed by atoms with van der Waals surface area (Å²) < 4.78 is 33.5. The Bertz CT molecular complexity index is 817. The quantitative estimate of drug-likeness (QED) is 0.530. The van der Waals surface area contributed by atoms with Gasteiger partial charge in [-0.25, -0.2) is 8.42 Å². The smallest absolute Gasteiger partial charge is 0.744 e. The Morgan fingerprint density at radius 2 is 1.90 bits per heavy atom. The van der Waals surface area contributed by atoms with E-state index in [4.69, 9.17) is 0 Å². The monoisotopic (exact) mass is 317 g/mol. The van der Waals surface area contributed by atoms with E-state index >= 15 is 0 Å². The van der Waals surface area contributed by atoms with E-state index < -0.39 is 15.0 Å². The number of aromatic hydroxyl groups is 1. The van der Waals surface area contributed by atoms with Crippen molar-refractivity contribution in [3.8, 4) is 5.75 Å². The molecule has 0 aliphatic carbocycles. The molecule has 0 radical (unpaired) electrons. The SMILES string of the molecule is CC(=O)Nc1ccc2c(O)c(C)c(S(=O)(=O)[O-])cc2c1.[Na+]. The van der Waals surface area contributed by atoms with Crippen LogP contribution < -0.4 is 34.9 Å². The molecule has 0 heterocycles. The summed E-state index contributed by atoms with van der Waals surface area (Å²) >= 11 is 0.